The van der Waals surface area contributed by atoms with Gasteiger partial charge < -0.3 is 16.2 Å². The highest BCUT2D eigenvalue weighted by Crippen LogP contribution is 2.24. The third-order valence-corrected chi connectivity index (χ3v) is 6.23. The Morgan fingerprint density at radius 2 is 1.76 bits per heavy atom. The van der Waals surface area contributed by atoms with Crippen LogP contribution < -0.4 is 16.7 Å². The number of aliphatic hydroxyl groups is 1. The summed E-state index contributed by atoms with van der Waals surface area (Å²) in [5.74, 6) is -0.502. The zero-order chi connectivity index (χ0) is 30.1. The van der Waals surface area contributed by atoms with Gasteiger partial charge in [0.1, 0.15) is 12.9 Å². The molecule has 2 heterocycles. The van der Waals surface area contributed by atoms with Gasteiger partial charge in [-0.1, -0.05) is 23.2 Å². The minimum Gasteiger partial charge on any atom is -0.382 e. The molecule has 41 heavy (non-hydrogen) atoms. The molecular weight excluding hydrogens is 588 g/mol. The molecule has 0 aliphatic heterocycles. The normalized spacial score (nSPS) is 12.9. The van der Waals surface area contributed by atoms with Crippen LogP contribution in [0.1, 0.15) is 30.0 Å². The van der Waals surface area contributed by atoms with Gasteiger partial charge in [-0.15, -0.1) is 10.2 Å². The number of hydrogen-bond donors (Lipinski definition) is 3. The lowest BCUT2D eigenvalue weighted by Crippen LogP contribution is -2.45. The molecule has 0 saturated carbocycles. The minimum atomic E-state index is -4.96. The third kappa shape index (κ3) is 7.33. The van der Waals surface area contributed by atoms with Crippen LogP contribution in [0.15, 0.2) is 53.6 Å². The Bertz CT molecular complexity index is 1610. The van der Waals surface area contributed by atoms with E-state index < -0.39 is 36.0 Å². The Morgan fingerprint density at radius 1 is 1.10 bits per heavy atom. The second kappa shape index (κ2) is 11.6. The van der Waals surface area contributed by atoms with Crippen molar-refractivity contribution in [1.29, 1.82) is 0 Å². The number of amides is 1. The third-order valence-electron chi connectivity index (χ3n) is 5.74. The van der Waals surface area contributed by atoms with E-state index in [1.54, 1.807) is 26.0 Å². The molecule has 0 radical (unpaired) electrons. The number of alkyl halides is 3. The van der Waals surface area contributed by atoms with Crippen molar-refractivity contribution >= 4 is 29.1 Å². The van der Waals surface area contributed by atoms with Crippen molar-refractivity contribution in [3.05, 3.63) is 80.7 Å². The number of carbonyl (C=O) groups is 1. The van der Waals surface area contributed by atoms with Gasteiger partial charge in [0.15, 0.2) is 17.8 Å². The maximum absolute atomic E-state index is 13.1. The van der Waals surface area contributed by atoms with E-state index >= 15 is 0 Å². The van der Waals surface area contributed by atoms with Crippen molar-refractivity contribution in [2.24, 2.45) is 5.73 Å². The predicted molar refractivity (Wildman–Crippen MR) is 145 cm³/mol. The Labute approximate surface area is 241 Å². The highest BCUT2D eigenvalue weighted by Gasteiger charge is 2.39. The van der Waals surface area contributed by atoms with Gasteiger partial charge in [-0.2, -0.15) is 13.2 Å². The number of benzene rings is 2. The molecule has 0 aliphatic rings. The molecule has 1 atom stereocenters. The van der Waals surface area contributed by atoms with Crippen LogP contribution in [-0.4, -0.2) is 64.5 Å². The van der Waals surface area contributed by atoms with Crippen LogP contribution in [0.4, 0.5) is 13.2 Å². The zero-order valence-electron chi connectivity index (χ0n) is 21.7. The summed E-state index contributed by atoms with van der Waals surface area (Å²) >= 11 is 12.0. The molecule has 0 fully saturated rings. The average molecular weight is 613 g/mol. The largest absolute Gasteiger partial charge is 0.416 e. The van der Waals surface area contributed by atoms with Crippen LogP contribution in [0.5, 0.6) is 0 Å². The second-order valence-corrected chi connectivity index (χ2v) is 10.7. The fourth-order valence-electron chi connectivity index (χ4n) is 3.71. The van der Waals surface area contributed by atoms with Gasteiger partial charge in [0.05, 0.1) is 17.8 Å². The molecule has 0 aliphatic carbocycles. The van der Waals surface area contributed by atoms with Crippen LogP contribution in [0, 0.1) is 0 Å². The quantitative estimate of drug-likeness (QED) is 0.263. The van der Waals surface area contributed by atoms with Crippen LogP contribution >= 0.6 is 23.2 Å². The summed E-state index contributed by atoms with van der Waals surface area (Å²) in [6.07, 6.45) is -6.46. The lowest BCUT2D eigenvalue weighted by atomic mass is 10.1. The van der Waals surface area contributed by atoms with Crippen LogP contribution in [0.25, 0.3) is 17.1 Å². The van der Waals surface area contributed by atoms with Gasteiger partial charge in [-0.05, 0) is 56.3 Å². The Morgan fingerprint density at radius 3 is 2.39 bits per heavy atom. The van der Waals surface area contributed by atoms with E-state index in [9.17, 15) is 27.9 Å². The first-order chi connectivity index (χ1) is 19.1. The first-order valence-electron chi connectivity index (χ1n) is 12.1. The molecule has 2 aromatic heterocycles. The first kappa shape index (κ1) is 30.2. The Hall–Kier alpha value is -3.72. The maximum atomic E-state index is 13.1. The number of hydrogen-bond acceptors (Lipinski definition) is 7. The Kier molecular flexibility index (Phi) is 8.59. The molecule has 4 rings (SSSR count). The Balaban J connectivity index is 1.67. The summed E-state index contributed by atoms with van der Waals surface area (Å²) in [6, 6.07) is 10.5. The van der Waals surface area contributed by atoms with Gasteiger partial charge in [0.25, 0.3) is 5.91 Å². The first-order valence-corrected chi connectivity index (χ1v) is 12.8. The molecule has 4 aromatic rings. The zero-order valence-corrected chi connectivity index (χ0v) is 23.2. The fraction of sp³-hybridized carbons (Fsp3) is 0.320. The summed E-state index contributed by atoms with van der Waals surface area (Å²) in [7, 11) is 0. The van der Waals surface area contributed by atoms with Gasteiger partial charge in [0, 0.05) is 27.7 Å². The van der Waals surface area contributed by atoms with E-state index in [4.69, 9.17) is 28.9 Å². The molecule has 0 saturated heterocycles. The number of aliphatic hydroxyl groups excluding tert-OH is 1. The topological polar surface area (TPSA) is 146 Å². The lowest BCUT2D eigenvalue weighted by molar-refractivity contribution is -0.207. The highest BCUT2D eigenvalue weighted by atomic mass is 35.5. The molecule has 2 aromatic carbocycles. The number of halogens is 5. The highest BCUT2D eigenvalue weighted by molar-refractivity contribution is 6.31. The van der Waals surface area contributed by atoms with Gasteiger partial charge >= 0.3 is 11.9 Å². The van der Waals surface area contributed by atoms with Crippen LogP contribution in [0.3, 0.4) is 0 Å². The number of nitrogens with two attached hydrogens (primary N) is 1. The molecule has 16 heteroatoms. The van der Waals surface area contributed by atoms with Crippen molar-refractivity contribution in [3.63, 3.8) is 0 Å². The van der Waals surface area contributed by atoms with E-state index in [1.165, 1.54) is 41.3 Å². The molecule has 4 N–H and O–H groups in total. The monoisotopic (exact) mass is 612 g/mol. The van der Waals surface area contributed by atoms with E-state index in [-0.39, 0.29) is 30.3 Å². The molecule has 0 spiro atoms. The fourth-order valence-corrected chi connectivity index (χ4v) is 4.01. The minimum absolute atomic E-state index is 0.0696. The predicted octanol–water partition coefficient (Wildman–Crippen LogP) is 3.04. The van der Waals surface area contributed by atoms with Crippen molar-refractivity contribution < 1.29 is 23.1 Å². The summed E-state index contributed by atoms with van der Waals surface area (Å²) in [5, 5.41) is 21.6. The second-order valence-electron chi connectivity index (χ2n) is 9.88. The average Bonchev–Trinajstić information content (AvgIpc) is 3.47. The summed E-state index contributed by atoms with van der Waals surface area (Å²) in [6.45, 7) is 2.29. The van der Waals surface area contributed by atoms with Gasteiger partial charge in [0.2, 0.25) is 0 Å². The van der Waals surface area contributed by atoms with Crippen LogP contribution in [0.2, 0.25) is 10.0 Å². The summed E-state index contributed by atoms with van der Waals surface area (Å²) < 4.78 is 42.2. The number of nitrogens with one attached hydrogen (secondary N) is 1. The van der Waals surface area contributed by atoms with E-state index in [0.29, 0.717) is 21.3 Å². The summed E-state index contributed by atoms with van der Waals surface area (Å²) in [4.78, 5) is 30.2. The molecule has 1 unspecified atom stereocenters. The summed E-state index contributed by atoms with van der Waals surface area (Å²) in [5.41, 5.74) is 5.18. The number of nitrogens with zero attached hydrogens (tertiary/aromatic N) is 6. The van der Waals surface area contributed by atoms with E-state index in [0.717, 1.165) is 9.25 Å². The molecular formula is C25H25Cl2F3N8O3. The number of carbonyl (C=O) groups excluding carboxylic acids is 1. The van der Waals surface area contributed by atoms with Gasteiger partial charge in [-0.3, -0.25) is 9.36 Å². The van der Waals surface area contributed by atoms with Crippen molar-refractivity contribution in [1.82, 2.24) is 34.4 Å². The molecule has 11 nitrogen and oxygen atoms in total. The van der Waals surface area contributed by atoms with E-state index in [1.807, 2.05) is 0 Å². The van der Waals surface area contributed by atoms with Crippen molar-refractivity contribution in [3.8, 4) is 17.1 Å². The van der Waals surface area contributed by atoms with Gasteiger partial charge in [-0.25, -0.2) is 19.1 Å². The standard InChI is InChI=1S/C25H25Cl2F3N8O3/c1-24(2,31)12-32-22(40)17-9-16(27)7-8-18(17)38-13-33-20(34-38)11-37-23(41)36(10-19(39)25(28,29)30)21(35-37)14-3-5-15(26)6-4-14/h3-9,13,19,39H,10-12,31H2,1-2H3,(H,32,40). The molecule has 218 valence electrons. The molecule has 0 bridgehead atoms. The van der Waals surface area contributed by atoms with Crippen LogP contribution in [-0.2, 0) is 13.1 Å². The maximum Gasteiger partial charge on any atom is 0.416 e. The SMILES string of the molecule is CC(C)(N)CNC(=O)c1cc(Cl)ccc1-n1cnc(Cn2nc(-c3ccc(Cl)cc3)n(CC(O)C(F)(F)F)c2=O)n1. The van der Waals surface area contributed by atoms with Crippen molar-refractivity contribution in [2.45, 2.75) is 44.8 Å². The number of aromatic nitrogens is 6. The lowest BCUT2D eigenvalue weighted by Gasteiger charge is -2.19. The smallest absolute Gasteiger partial charge is 0.382 e. The van der Waals surface area contributed by atoms with Crippen molar-refractivity contribution in [2.75, 3.05) is 6.54 Å². The molecule has 1 amide bonds. The number of rotatable bonds is 9. The van der Waals surface area contributed by atoms with E-state index in [2.05, 4.69) is 20.5 Å².